The maximum Gasteiger partial charge on any atom is 0.327 e. The molecule has 2 rings (SSSR count). The van der Waals surface area contributed by atoms with Crippen LogP contribution >= 0.6 is 12.6 Å². The third-order valence-electron chi connectivity index (χ3n) is 8.39. The smallest absolute Gasteiger partial charge is 0.327 e. The van der Waals surface area contributed by atoms with Gasteiger partial charge in [0.25, 0.3) is 0 Å². The molecular formula is C35H52N10O12S. The summed E-state index contributed by atoms with van der Waals surface area (Å²) in [4.78, 5) is 110. The second kappa shape index (κ2) is 23.5. The summed E-state index contributed by atoms with van der Waals surface area (Å²) in [5.41, 5.74) is 12.2. The number of hydrogen-bond donors (Lipinski definition) is 14. The molecule has 0 aliphatic carbocycles. The molecule has 0 spiro atoms. The van der Waals surface area contributed by atoms with Gasteiger partial charge < -0.3 is 68.8 Å². The van der Waals surface area contributed by atoms with Crippen LogP contribution in [0.15, 0.2) is 36.8 Å². The van der Waals surface area contributed by atoms with E-state index in [9.17, 15) is 58.8 Å². The summed E-state index contributed by atoms with van der Waals surface area (Å²) < 4.78 is 0. The van der Waals surface area contributed by atoms with Crippen LogP contribution in [0.25, 0.3) is 0 Å². The number of aromatic hydroxyl groups is 1. The highest BCUT2D eigenvalue weighted by Gasteiger charge is 2.35. The molecular weight excluding hydrogens is 785 g/mol. The normalized spacial score (nSPS) is 15.2. The van der Waals surface area contributed by atoms with Gasteiger partial charge in [0.05, 0.1) is 31.5 Å². The van der Waals surface area contributed by atoms with Crippen LogP contribution in [-0.2, 0) is 51.2 Å². The summed E-state index contributed by atoms with van der Waals surface area (Å²) in [5, 5.41) is 53.1. The molecule has 58 heavy (non-hydrogen) atoms. The highest BCUT2D eigenvalue weighted by molar-refractivity contribution is 7.80. The highest BCUT2D eigenvalue weighted by Crippen LogP contribution is 2.12. The molecule has 1 aromatic carbocycles. The Balaban J connectivity index is 2.26. The van der Waals surface area contributed by atoms with E-state index in [1.54, 1.807) is 13.8 Å². The lowest BCUT2D eigenvalue weighted by atomic mass is 10.0. The molecule has 2 aromatic rings. The lowest BCUT2D eigenvalue weighted by Gasteiger charge is -2.27. The van der Waals surface area contributed by atoms with E-state index in [1.807, 2.05) is 0 Å². The van der Waals surface area contributed by atoms with E-state index in [4.69, 9.17) is 11.5 Å². The van der Waals surface area contributed by atoms with Gasteiger partial charge in [-0.2, -0.15) is 12.6 Å². The average molecular weight is 837 g/mol. The minimum atomic E-state index is -1.76. The molecule has 15 N–H and O–H groups in total. The van der Waals surface area contributed by atoms with Gasteiger partial charge in [0.1, 0.15) is 42.0 Å². The Hall–Kier alpha value is -5.78. The fraction of sp³-hybridized carbons (Fsp3) is 0.514. The first-order chi connectivity index (χ1) is 27.2. The average Bonchev–Trinajstić information content (AvgIpc) is 3.67. The van der Waals surface area contributed by atoms with Crippen LogP contribution in [0.4, 0.5) is 0 Å². The Labute approximate surface area is 338 Å². The van der Waals surface area contributed by atoms with Crippen molar-refractivity contribution in [3.05, 3.63) is 48.0 Å². The minimum absolute atomic E-state index is 0.00115. The Kier molecular flexibility index (Phi) is 19.6. The number of H-pyrrole nitrogens is 1. The molecule has 0 unspecified atom stereocenters. The number of phenols is 1. The summed E-state index contributed by atoms with van der Waals surface area (Å²) in [6.45, 7) is 3.60. The van der Waals surface area contributed by atoms with Crippen molar-refractivity contribution >= 4 is 59.9 Å². The number of aliphatic hydroxyl groups excluding tert-OH is 2. The zero-order valence-electron chi connectivity index (χ0n) is 32.0. The van der Waals surface area contributed by atoms with Crippen LogP contribution in [0.2, 0.25) is 0 Å². The van der Waals surface area contributed by atoms with Crippen LogP contribution in [0.1, 0.15) is 44.9 Å². The molecule has 23 heteroatoms. The van der Waals surface area contributed by atoms with Gasteiger partial charge in [0.15, 0.2) is 0 Å². The summed E-state index contributed by atoms with van der Waals surface area (Å²) in [6, 6.07) is -4.75. The predicted molar refractivity (Wildman–Crippen MR) is 207 cm³/mol. The van der Waals surface area contributed by atoms with Gasteiger partial charge in [-0.1, -0.05) is 26.0 Å². The first-order valence-electron chi connectivity index (χ1n) is 18.0. The van der Waals surface area contributed by atoms with Crippen LogP contribution in [0.3, 0.4) is 0 Å². The number of aromatic nitrogens is 2. The fourth-order valence-electron chi connectivity index (χ4n) is 5.31. The number of rotatable bonds is 24. The van der Waals surface area contributed by atoms with E-state index in [-0.39, 0.29) is 36.7 Å². The minimum Gasteiger partial charge on any atom is -0.508 e. The number of thiol groups is 1. The van der Waals surface area contributed by atoms with E-state index in [0.717, 1.165) is 0 Å². The number of nitrogens with one attached hydrogen (secondary N) is 7. The van der Waals surface area contributed by atoms with Crippen molar-refractivity contribution in [3.63, 3.8) is 0 Å². The van der Waals surface area contributed by atoms with Crippen LogP contribution < -0.4 is 43.4 Å². The van der Waals surface area contributed by atoms with E-state index in [0.29, 0.717) is 11.3 Å². The molecule has 0 saturated carbocycles. The van der Waals surface area contributed by atoms with Gasteiger partial charge in [-0.15, -0.1) is 0 Å². The number of aromatic amines is 1. The van der Waals surface area contributed by atoms with E-state index in [1.165, 1.54) is 43.7 Å². The maximum atomic E-state index is 13.7. The molecule has 8 atom stereocenters. The van der Waals surface area contributed by atoms with E-state index in [2.05, 4.69) is 54.5 Å². The van der Waals surface area contributed by atoms with Crippen molar-refractivity contribution in [2.45, 2.75) is 94.9 Å². The second-order valence-corrected chi connectivity index (χ2v) is 14.2. The number of primary amides is 1. The monoisotopic (exact) mass is 836 g/mol. The van der Waals surface area contributed by atoms with Crippen molar-refractivity contribution in [1.82, 2.24) is 41.9 Å². The Morgan fingerprint density at radius 3 is 1.81 bits per heavy atom. The fourth-order valence-corrected chi connectivity index (χ4v) is 5.56. The number of hydrogen-bond acceptors (Lipinski definition) is 14. The molecule has 0 aliphatic rings. The van der Waals surface area contributed by atoms with Crippen LogP contribution in [0.5, 0.6) is 5.75 Å². The lowest BCUT2D eigenvalue weighted by molar-refractivity contribution is -0.141. The van der Waals surface area contributed by atoms with Crippen molar-refractivity contribution in [1.29, 1.82) is 0 Å². The molecule has 1 heterocycles. The summed E-state index contributed by atoms with van der Waals surface area (Å²) in [5.74, 6) is -8.93. The molecule has 0 aliphatic heterocycles. The van der Waals surface area contributed by atoms with E-state index >= 15 is 0 Å². The van der Waals surface area contributed by atoms with E-state index < -0.39 is 109 Å². The molecule has 320 valence electrons. The molecule has 0 saturated heterocycles. The van der Waals surface area contributed by atoms with Crippen molar-refractivity contribution in [2.24, 2.45) is 17.4 Å². The van der Waals surface area contributed by atoms with Gasteiger partial charge in [0.2, 0.25) is 41.4 Å². The molecule has 1 aromatic heterocycles. The zero-order valence-corrected chi connectivity index (χ0v) is 32.9. The molecule has 0 fully saturated rings. The Morgan fingerprint density at radius 2 is 1.29 bits per heavy atom. The summed E-state index contributed by atoms with van der Waals surface area (Å²) in [7, 11) is 0. The van der Waals surface area contributed by atoms with Crippen LogP contribution in [0, 0.1) is 5.92 Å². The topological polar surface area (TPSA) is 370 Å². The molecule has 0 radical (unpaired) electrons. The number of imidazole rings is 1. The predicted octanol–water partition coefficient (Wildman–Crippen LogP) is -4.55. The number of carboxylic acids is 1. The first-order valence-corrected chi connectivity index (χ1v) is 18.6. The number of carbonyl (C=O) groups excluding carboxylic acids is 7. The molecule has 7 amide bonds. The Bertz CT molecular complexity index is 1730. The molecule has 0 bridgehead atoms. The largest absolute Gasteiger partial charge is 0.508 e. The standard InChI is InChI=1S/C35H52N10O12S/c1-16(2)8-22(30(51)44-26(14-58)35(56)57)40-32(53)24(11-27(37)49)42-31(52)23(10-19-12-38-15-39-19)41-33(54)25(13-46)43-34(55)28(17(3)47)45-29(50)21(36)9-18-4-6-20(48)7-5-18/h4-7,12,15-17,21-26,28,46-48,58H,8-11,13-14,36H2,1-3H3,(H2,37,49)(H,38,39)(H,40,53)(H,41,54)(H,42,52)(H,43,55)(H,44,51)(H,45,50)(H,56,57)/t17-,21+,22+,23+,24+,25+,26+,28+/m1/s1. The number of nitrogens with two attached hydrogens (primary N) is 2. The maximum absolute atomic E-state index is 13.7. The lowest BCUT2D eigenvalue weighted by Crippen LogP contribution is -2.62. The second-order valence-electron chi connectivity index (χ2n) is 13.8. The number of aliphatic hydroxyl groups is 2. The van der Waals surface area contributed by atoms with Gasteiger partial charge in [-0.3, -0.25) is 33.6 Å². The number of phenolic OH excluding ortho intramolecular Hbond substituents is 1. The van der Waals surface area contributed by atoms with Crippen LogP contribution in [-0.4, -0.2) is 138 Å². The van der Waals surface area contributed by atoms with Gasteiger partial charge >= 0.3 is 5.97 Å². The van der Waals surface area contributed by atoms with Gasteiger partial charge in [0, 0.05) is 24.1 Å². The third kappa shape index (κ3) is 16.0. The van der Waals surface area contributed by atoms with Crippen molar-refractivity contribution in [3.8, 4) is 5.75 Å². The zero-order chi connectivity index (χ0) is 43.7. The Morgan fingerprint density at radius 1 is 0.759 bits per heavy atom. The van der Waals surface area contributed by atoms with Gasteiger partial charge in [-0.25, -0.2) is 9.78 Å². The van der Waals surface area contributed by atoms with Crippen molar-refractivity contribution < 1.29 is 58.8 Å². The first kappa shape index (κ1) is 48.4. The summed E-state index contributed by atoms with van der Waals surface area (Å²) >= 11 is 3.92. The third-order valence-corrected chi connectivity index (χ3v) is 8.76. The number of nitrogens with zero attached hydrogens (tertiary/aromatic N) is 1. The number of carbonyl (C=O) groups is 8. The number of benzene rings is 1. The SMILES string of the molecule is CC(C)C[C@H](NC(=O)[C@H](CC(N)=O)NC(=O)[C@H](Cc1cnc[nH]1)NC(=O)[C@H](CO)NC(=O)[C@@H](NC(=O)[C@@H](N)Cc1ccc(O)cc1)[C@@H](C)O)C(=O)N[C@@H](CS)C(=O)O. The number of amides is 7. The van der Waals surface area contributed by atoms with Crippen molar-refractivity contribution in [2.75, 3.05) is 12.4 Å². The highest BCUT2D eigenvalue weighted by atomic mass is 32.1. The molecule has 22 nitrogen and oxygen atoms in total. The quantitative estimate of drug-likeness (QED) is 0.0443. The summed E-state index contributed by atoms with van der Waals surface area (Å²) in [6.07, 6.45) is 0.0140. The number of carboxylic acid groups (broad SMARTS) is 1. The number of aliphatic carboxylic acids is 1. The van der Waals surface area contributed by atoms with Gasteiger partial charge in [-0.05, 0) is 43.4 Å².